The Kier molecular flexibility index (Phi) is 7.83. The molecular weight excluding hydrogens is 446 g/mol. The number of thiophene rings is 1. The van der Waals surface area contributed by atoms with Crippen molar-refractivity contribution in [2.24, 2.45) is 5.41 Å². The van der Waals surface area contributed by atoms with Crippen molar-refractivity contribution in [2.75, 3.05) is 19.7 Å². The average molecular weight is 478 g/mol. The molecule has 0 aromatic carbocycles. The fraction of sp³-hybridized carbons (Fsp3) is 0.542. The molecule has 1 aliphatic rings. The second-order valence-electron chi connectivity index (χ2n) is 9.26. The normalized spacial score (nSPS) is 15.1. The molecule has 2 aromatic rings. The zero-order chi connectivity index (χ0) is 23.5. The van der Waals surface area contributed by atoms with Crippen LogP contribution in [0.15, 0.2) is 24.8 Å². The van der Waals surface area contributed by atoms with Crippen LogP contribution in [0.3, 0.4) is 0 Å². The lowest BCUT2D eigenvalue weighted by Crippen LogP contribution is -2.38. The van der Waals surface area contributed by atoms with Crippen LogP contribution in [-0.4, -0.2) is 46.4 Å². The number of aryl methyl sites for hydroxylation is 1. The third kappa shape index (κ3) is 5.62. The highest BCUT2D eigenvalue weighted by atomic mass is 35.5. The van der Waals surface area contributed by atoms with Crippen molar-refractivity contribution in [3.05, 3.63) is 51.0 Å². The summed E-state index contributed by atoms with van der Waals surface area (Å²) in [6.07, 6.45) is 4.40. The van der Waals surface area contributed by atoms with Crippen LogP contribution in [-0.2, 0) is 17.6 Å². The van der Waals surface area contributed by atoms with E-state index in [1.807, 2.05) is 32.9 Å². The van der Waals surface area contributed by atoms with Gasteiger partial charge < -0.3 is 9.64 Å². The first kappa shape index (κ1) is 24.5. The summed E-state index contributed by atoms with van der Waals surface area (Å²) >= 11 is 7.66. The van der Waals surface area contributed by atoms with Crippen LogP contribution in [0.25, 0.3) is 0 Å². The first-order valence-electron chi connectivity index (χ1n) is 11.0. The molecule has 1 fully saturated rings. The number of rotatable bonds is 6. The van der Waals surface area contributed by atoms with Crippen LogP contribution in [0.1, 0.15) is 66.2 Å². The number of halogens is 1. The van der Waals surface area contributed by atoms with E-state index >= 15 is 0 Å². The van der Waals surface area contributed by atoms with E-state index in [1.54, 1.807) is 27.0 Å². The Hall–Kier alpha value is -2.12. The molecule has 1 amide bonds. The van der Waals surface area contributed by atoms with E-state index in [1.165, 1.54) is 4.88 Å². The van der Waals surface area contributed by atoms with Crippen molar-refractivity contribution in [1.29, 1.82) is 0 Å². The summed E-state index contributed by atoms with van der Waals surface area (Å²) in [5.41, 5.74) is 2.49. The largest absolute Gasteiger partial charge is 0.445 e. The Morgan fingerprint density at radius 3 is 2.53 bits per heavy atom. The number of carbonyl (C=O) groups is 2. The molecule has 0 N–H and O–H groups in total. The first-order chi connectivity index (χ1) is 15.1. The minimum atomic E-state index is -0.533. The molecule has 0 unspecified atom stereocenters. The minimum Gasteiger partial charge on any atom is -0.445 e. The lowest BCUT2D eigenvalue weighted by atomic mass is 9.90. The Morgan fingerprint density at radius 2 is 1.97 bits per heavy atom. The summed E-state index contributed by atoms with van der Waals surface area (Å²) in [7, 11) is 0. The Morgan fingerprint density at radius 1 is 1.28 bits per heavy atom. The average Bonchev–Trinajstić information content (AvgIpc) is 3.32. The van der Waals surface area contributed by atoms with E-state index in [0.29, 0.717) is 13.1 Å². The lowest BCUT2D eigenvalue weighted by Gasteiger charge is -2.30. The van der Waals surface area contributed by atoms with Gasteiger partial charge >= 0.3 is 6.09 Å². The van der Waals surface area contributed by atoms with Gasteiger partial charge in [0.1, 0.15) is 6.61 Å². The molecule has 0 radical (unpaired) electrons. The number of nitrogens with zero attached hydrogens (tertiary/aromatic N) is 3. The fourth-order valence-electron chi connectivity index (χ4n) is 4.00. The van der Waals surface area contributed by atoms with Crippen molar-refractivity contribution in [2.45, 2.75) is 59.3 Å². The van der Waals surface area contributed by atoms with Crippen molar-refractivity contribution in [3.8, 4) is 0 Å². The topological polar surface area (TPSA) is 64.4 Å². The van der Waals surface area contributed by atoms with Gasteiger partial charge in [-0.3, -0.25) is 4.79 Å². The molecule has 8 heteroatoms. The third-order valence-electron chi connectivity index (χ3n) is 5.82. The summed E-state index contributed by atoms with van der Waals surface area (Å²) in [5.74, 6) is 0.207. The van der Waals surface area contributed by atoms with Crippen LogP contribution < -0.4 is 0 Å². The first-order valence-corrected chi connectivity index (χ1v) is 12.2. The Labute approximate surface area is 199 Å². The SMILES string of the molecule is C=CCOC(=O)N1CCC(c2nn(C(=O)C(C)(C)C)c(CCc3ccc(Cl)s3)c2C)CC1. The van der Waals surface area contributed by atoms with Crippen molar-refractivity contribution in [1.82, 2.24) is 14.7 Å². The van der Waals surface area contributed by atoms with Crippen LogP contribution in [0, 0.1) is 12.3 Å². The molecule has 174 valence electrons. The predicted octanol–water partition coefficient (Wildman–Crippen LogP) is 5.88. The Bertz CT molecular complexity index is 981. The van der Waals surface area contributed by atoms with Gasteiger partial charge in [0.2, 0.25) is 0 Å². The highest BCUT2D eigenvalue weighted by Gasteiger charge is 2.32. The number of hydrogen-bond donors (Lipinski definition) is 0. The van der Waals surface area contributed by atoms with Crippen LogP contribution in [0.5, 0.6) is 0 Å². The second kappa shape index (κ2) is 10.2. The maximum Gasteiger partial charge on any atom is 0.410 e. The second-order valence-corrected chi connectivity index (χ2v) is 11.1. The van der Waals surface area contributed by atoms with Gasteiger partial charge in [0.15, 0.2) is 0 Å². The maximum absolute atomic E-state index is 13.2. The van der Waals surface area contributed by atoms with E-state index in [9.17, 15) is 9.59 Å². The third-order valence-corrected chi connectivity index (χ3v) is 7.11. The molecule has 0 spiro atoms. The molecule has 2 aromatic heterocycles. The number of likely N-dealkylation sites (tertiary alicyclic amines) is 1. The van der Waals surface area contributed by atoms with Crippen molar-refractivity contribution < 1.29 is 14.3 Å². The summed E-state index contributed by atoms with van der Waals surface area (Å²) in [5, 5.41) is 4.83. The quantitative estimate of drug-likeness (QED) is 0.487. The molecule has 3 heterocycles. The van der Waals surface area contributed by atoms with Gasteiger partial charge in [-0.15, -0.1) is 11.3 Å². The number of carbonyl (C=O) groups excluding carboxylic acids is 2. The smallest absolute Gasteiger partial charge is 0.410 e. The van der Waals surface area contributed by atoms with Crippen LogP contribution >= 0.6 is 22.9 Å². The number of piperidine rings is 1. The van der Waals surface area contributed by atoms with Gasteiger partial charge in [-0.2, -0.15) is 5.10 Å². The molecule has 32 heavy (non-hydrogen) atoms. The van der Waals surface area contributed by atoms with E-state index in [0.717, 1.165) is 47.0 Å². The molecule has 1 saturated heterocycles. The van der Waals surface area contributed by atoms with Gasteiger partial charge in [0.25, 0.3) is 5.91 Å². The Balaban J connectivity index is 1.80. The molecule has 3 rings (SSSR count). The van der Waals surface area contributed by atoms with Crippen molar-refractivity contribution >= 4 is 34.9 Å². The molecule has 0 aliphatic carbocycles. The molecule has 6 nitrogen and oxygen atoms in total. The summed E-state index contributed by atoms with van der Waals surface area (Å²) in [4.78, 5) is 28.2. The van der Waals surface area contributed by atoms with E-state index in [4.69, 9.17) is 21.4 Å². The fourth-order valence-corrected chi connectivity index (χ4v) is 5.09. The highest BCUT2D eigenvalue weighted by molar-refractivity contribution is 7.16. The summed E-state index contributed by atoms with van der Waals surface area (Å²) in [6, 6.07) is 3.95. The minimum absolute atomic E-state index is 0.00324. The number of hydrogen-bond acceptors (Lipinski definition) is 5. The predicted molar refractivity (Wildman–Crippen MR) is 129 cm³/mol. The van der Waals surface area contributed by atoms with Gasteiger partial charge in [0.05, 0.1) is 15.7 Å². The standard InChI is InChI=1S/C24H32ClN3O3S/c1-6-15-31-23(30)27-13-11-17(12-14-27)21-16(2)19(9-7-18-8-10-20(25)32-18)28(26-21)22(29)24(3,4)5/h6,8,10,17H,1,7,9,11-15H2,2-5H3. The molecule has 0 bridgehead atoms. The van der Waals surface area contributed by atoms with Gasteiger partial charge in [-0.1, -0.05) is 45.0 Å². The highest BCUT2D eigenvalue weighted by Crippen LogP contribution is 2.33. The molecule has 0 saturated carbocycles. The lowest BCUT2D eigenvalue weighted by molar-refractivity contribution is 0.0743. The van der Waals surface area contributed by atoms with E-state index in [-0.39, 0.29) is 24.5 Å². The maximum atomic E-state index is 13.2. The number of ether oxygens (including phenoxy) is 1. The van der Waals surface area contributed by atoms with Crippen LogP contribution in [0.2, 0.25) is 4.34 Å². The summed E-state index contributed by atoms with van der Waals surface area (Å²) < 4.78 is 7.56. The van der Waals surface area contributed by atoms with E-state index < -0.39 is 5.41 Å². The van der Waals surface area contributed by atoms with Crippen molar-refractivity contribution in [3.63, 3.8) is 0 Å². The number of amides is 1. The number of aromatic nitrogens is 2. The molecule has 0 atom stereocenters. The molecule has 1 aliphatic heterocycles. The molecular formula is C24H32ClN3O3S. The van der Waals surface area contributed by atoms with Gasteiger partial charge in [0, 0.05) is 29.3 Å². The zero-order valence-corrected chi connectivity index (χ0v) is 20.9. The monoisotopic (exact) mass is 477 g/mol. The van der Waals surface area contributed by atoms with Gasteiger partial charge in [-0.05, 0) is 50.3 Å². The summed E-state index contributed by atoms with van der Waals surface area (Å²) in [6.45, 7) is 12.8. The zero-order valence-electron chi connectivity index (χ0n) is 19.3. The van der Waals surface area contributed by atoms with E-state index in [2.05, 4.69) is 13.5 Å². The van der Waals surface area contributed by atoms with Crippen LogP contribution in [0.4, 0.5) is 4.79 Å². The van der Waals surface area contributed by atoms with Gasteiger partial charge in [-0.25, -0.2) is 9.48 Å².